The molecule has 0 saturated heterocycles. The molecule has 0 aliphatic rings. The zero-order valence-electron chi connectivity index (χ0n) is 25.5. The first-order valence-electron chi connectivity index (χ1n) is 14.6. The molecule has 0 fully saturated rings. The predicted octanol–water partition coefficient (Wildman–Crippen LogP) is 9.24. The van der Waals surface area contributed by atoms with Gasteiger partial charge in [-0.1, -0.05) is 151 Å². The molecule has 42 heavy (non-hydrogen) atoms. The van der Waals surface area contributed by atoms with Crippen molar-refractivity contribution < 1.29 is 10.2 Å². The summed E-state index contributed by atoms with van der Waals surface area (Å²) < 4.78 is 0. The van der Waals surface area contributed by atoms with Crippen LogP contribution in [0.4, 0.5) is 0 Å². The standard InChI is InChI=1S/C39H41NO2/c1-37(2,3)29-17-21-31(22-18-29)39(42,32-23-19-30(20-24-32)38(4,5)6)36(28-13-8-7-9-14-28)40-26-34-33-15-11-10-12-27(33)16-25-35(34)41/h7-26,36,41-42H,1-6H3/t36-/m1/s1. The van der Waals surface area contributed by atoms with Gasteiger partial charge in [0.15, 0.2) is 0 Å². The molecule has 3 nitrogen and oxygen atoms in total. The Kier molecular flexibility index (Phi) is 7.83. The lowest BCUT2D eigenvalue weighted by atomic mass is 9.75. The molecule has 5 aromatic carbocycles. The highest BCUT2D eigenvalue weighted by atomic mass is 16.3. The Labute approximate surface area is 250 Å². The number of benzene rings is 5. The second kappa shape index (κ2) is 11.2. The average Bonchev–Trinajstić information content (AvgIpc) is 2.98. The monoisotopic (exact) mass is 555 g/mol. The summed E-state index contributed by atoms with van der Waals surface area (Å²) in [5, 5.41) is 25.8. The van der Waals surface area contributed by atoms with Crippen LogP contribution in [0.25, 0.3) is 10.8 Å². The van der Waals surface area contributed by atoms with Gasteiger partial charge in [-0.25, -0.2) is 0 Å². The van der Waals surface area contributed by atoms with Crippen molar-refractivity contribution >= 4 is 17.0 Å². The third-order valence-corrected chi connectivity index (χ3v) is 8.19. The molecule has 0 spiro atoms. The molecule has 0 aliphatic heterocycles. The number of hydrogen-bond donors (Lipinski definition) is 2. The van der Waals surface area contributed by atoms with Crippen molar-refractivity contribution in [2.24, 2.45) is 4.99 Å². The van der Waals surface area contributed by atoms with Crippen LogP contribution in [-0.4, -0.2) is 16.4 Å². The summed E-state index contributed by atoms with van der Waals surface area (Å²) in [6.45, 7) is 13.1. The molecular formula is C39H41NO2. The fourth-order valence-corrected chi connectivity index (χ4v) is 5.57. The van der Waals surface area contributed by atoms with Crippen LogP contribution in [0.2, 0.25) is 0 Å². The quantitative estimate of drug-likeness (QED) is 0.205. The average molecular weight is 556 g/mol. The second-order valence-corrected chi connectivity index (χ2v) is 13.2. The van der Waals surface area contributed by atoms with Gasteiger partial charge < -0.3 is 10.2 Å². The Morgan fingerprint density at radius 1 is 0.571 bits per heavy atom. The number of phenols is 1. The van der Waals surface area contributed by atoms with Crippen LogP contribution in [0.5, 0.6) is 5.75 Å². The van der Waals surface area contributed by atoms with Crippen molar-refractivity contribution in [2.45, 2.75) is 64.0 Å². The minimum absolute atomic E-state index is 0.0200. The number of hydrogen-bond acceptors (Lipinski definition) is 3. The minimum atomic E-state index is -1.50. The van der Waals surface area contributed by atoms with Gasteiger partial charge in [0.2, 0.25) is 0 Å². The highest BCUT2D eigenvalue weighted by Gasteiger charge is 2.41. The molecule has 5 aromatic rings. The van der Waals surface area contributed by atoms with Crippen molar-refractivity contribution in [2.75, 3.05) is 0 Å². The molecule has 5 rings (SSSR count). The van der Waals surface area contributed by atoms with E-state index in [9.17, 15) is 10.2 Å². The van der Waals surface area contributed by atoms with E-state index in [0.717, 1.165) is 27.5 Å². The normalized spacial score (nSPS) is 13.5. The van der Waals surface area contributed by atoms with Crippen LogP contribution >= 0.6 is 0 Å². The molecule has 2 N–H and O–H groups in total. The van der Waals surface area contributed by atoms with Gasteiger partial charge in [-0.3, -0.25) is 4.99 Å². The molecule has 0 saturated carbocycles. The molecule has 0 aromatic heterocycles. The van der Waals surface area contributed by atoms with Crippen LogP contribution in [0, 0.1) is 0 Å². The Morgan fingerprint density at radius 2 is 1.05 bits per heavy atom. The smallest absolute Gasteiger partial charge is 0.141 e. The van der Waals surface area contributed by atoms with Crippen molar-refractivity contribution in [3.8, 4) is 5.75 Å². The van der Waals surface area contributed by atoms with Crippen molar-refractivity contribution in [3.05, 3.63) is 149 Å². The van der Waals surface area contributed by atoms with E-state index in [-0.39, 0.29) is 16.6 Å². The zero-order chi connectivity index (χ0) is 30.1. The SMILES string of the molecule is CC(C)(C)c1ccc(C(O)(c2ccc(C(C)(C)C)cc2)[C@H](N=Cc2c(O)ccc3ccccc23)c2ccccc2)cc1. The van der Waals surface area contributed by atoms with E-state index in [0.29, 0.717) is 5.56 Å². The summed E-state index contributed by atoms with van der Waals surface area (Å²) in [5.41, 5.74) is 3.86. The topological polar surface area (TPSA) is 52.8 Å². The van der Waals surface area contributed by atoms with E-state index in [1.807, 2.05) is 84.9 Å². The third kappa shape index (κ3) is 5.75. The first-order chi connectivity index (χ1) is 19.9. The molecule has 0 radical (unpaired) electrons. The number of nitrogens with zero attached hydrogens (tertiary/aromatic N) is 1. The molecule has 0 heterocycles. The lowest BCUT2D eigenvalue weighted by molar-refractivity contribution is 0.0523. The van der Waals surface area contributed by atoms with E-state index in [4.69, 9.17) is 4.99 Å². The number of aromatic hydroxyl groups is 1. The molecule has 0 aliphatic carbocycles. The van der Waals surface area contributed by atoms with Crippen molar-refractivity contribution in [1.29, 1.82) is 0 Å². The van der Waals surface area contributed by atoms with Gasteiger partial charge in [0.05, 0.1) is 0 Å². The summed E-state index contributed by atoms with van der Waals surface area (Å²) in [6.07, 6.45) is 1.72. The molecule has 3 heteroatoms. The van der Waals surface area contributed by atoms with Crippen molar-refractivity contribution in [3.63, 3.8) is 0 Å². The Morgan fingerprint density at radius 3 is 1.57 bits per heavy atom. The van der Waals surface area contributed by atoms with Gasteiger partial charge >= 0.3 is 0 Å². The predicted molar refractivity (Wildman–Crippen MR) is 176 cm³/mol. The van der Waals surface area contributed by atoms with E-state index in [2.05, 4.69) is 65.8 Å². The number of aliphatic hydroxyl groups is 1. The second-order valence-electron chi connectivity index (χ2n) is 13.2. The van der Waals surface area contributed by atoms with E-state index in [1.165, 1.54) is 11.1 Å². The Balaban J connectivity index is 1.74. The van der Waals surface area contributed by atoms with E-state index in [1.54, 1.807) is 12.3 Å². The number of phenolic OH excluding ortho intramolecular Hbond substituents is 1. The van der Waals surface area contributed by atoms with Crippen LogP contribution in [0.15, 0.2) is 120 Å². The lowest BCUT2D eigenvalue weighted by Crippen LogP contribution is -2.34. The Bertz CT molecular complexity index is 1630. The van der Waals surface area contributed by atoms with Gasteiger partial charge in [0, 0.05) is 11.8 Å². The van der Waals surface area contributed by atoms with Gasteiger partial charge in [-0.2, -0.15) is 0 Å². The summed E-state index contributed by atoms with van der Waals surface area (Å²) in [4.78, 5) is 5.11. The van der Waals surface area contributed by atoms with E-state index >= 15 is 0 Å². The number of aliphatic imine (C=N–C) groups is 1. The van der Waals surface area contributed by atoms with Crippen molar-refractivity contribution in [1.82, 2.24) is 0 Å². The summed E-state index contributed by atoms with van der Waals surface area (Å²) in [6, 6.07) is 37.3. The highest BCUT2D eigenvalue weighted by molar-refractivity contribution is 6.02. The molecule has 0 bridgehead atoms. The fraction of sp³-hybridized carbons (Fsp3) is 0.256. The molecular weight excluding hydrogens is 514 g/mol. The van der Waals surface area contributed by atoms with Crippen LogP contribution in [0.3, 0.4) is 0 Å². The maximum atomic E-state index is 13.0. The molecule has 0 unspecified atom stereocenters. The molecule has 214 valence electrons. The fourth-order valence-electron chi connectivity index (χ4n) is 5.57. The maximum absolute atomic E-state index is 13.0. The Hall–Kier alpha value is -4.21. The van der Waals surface area contributed by atoms with E-state index < -0.39 is 11.6 Å². The zero-order valence-corrected chi connectivity index (χ0v) is 25.5. The lowest BCUT2D eigenvalue weighted by Gasteiger charge is -2.36. The van der Waals surface area contributed by atoms with Crippen LogP contribution in [-0.2, 0) is 16.4 Å². The summed E-state index contributed by atoms with van der Waals surface area (Å²) >= 11 is 0. The largest absolute Gasteiger partial charge is 0.507 e. The highest BCUT2D eigenvalue weighted by Crippen LogP contribution is 2.45. The maximum Gasteiger partial charge on any atom is 0.141 e. The minimum Gasteiger partial charge on any atom is -0.507 e. The summed E-state index contributed by atoms with van der Waals surface area (Å²) in [7, 11) is 0. The number of fused-ring (bicyclic) bond motifs is 1. The molecule has 0 amide bonds. The van der Waals surface area contributed by atoms with Crippen LogP contribution < -0.4 is 0 Å². The number of rotatable bonds is 6. The third-order valence-electron chi connectivity index (χ3n) is 8.19. The van der Waals surface area contributed by atoms with Gasteiger partial charge in [0.25, 0.3) is 0 Å². The van der Waals surface area contributed by atoms with Gasteiger partial charge in [-0.15, -0.1) is 0 Å². The van der Waals surface area contributed by atoms with Gasteiger partial charge in [-0.05, 0) is 55.5 Å². The van der Waals surface area contributed by atoms with Gasteiger partial charge in [0.1, 0.15) is 17.4 Å². The molecule has 1 atom stereocenters. The summed E-state index contributed by atoms with van der Waals surface area (Å²) in [5.74, 6) is 0.150. The first-order valence-corrected chi connectivity index (χ1v) is 14.6. The van der Waals surface area contributed by atoms with Crippen LogP contribution in [0.1, 0.15) is 81.0 Å². The first kappa shape index (κ1) is 29.3.